The van der Waals surface area contributed by atoms with Gasteiger partial charge in [0.2, 0.25) is 0 Å². The van der Waals surface area contributed by atoms with Gasteiger partial charge in [-0.1, -0.05) is 30.3 Å². The van der Waals surface area contributed by atoms with E-state index >= 15 is 0 Å². The Balaban J connectivity index is 1.88. The molecule has 0 spiro atoms. The number of imidazole rings is 1. The smallest absolute Gasteiger partial charge is 0.118 e. The van der Waals surface area contributed by atoms with E-state index < -0.39 is 0 Å². The van der Waals surface area contributed by atoms with Crippen LogP contribution in [0.4, 0.5) is 5.69 Å². The van der Waals surface area contributed by atoms with E-state index in [4.69, 9.17) is 9.72 Å². The maximum Gasteiger partial charge on any atom is 0.118 e. The summed E-state index contributed by atoms with van der Waals surface area (Å²) < 4.78 is 7.44. The standard InChI is InChI=1S/C24H23N3O/c1-26(2)20-13-9-19(10-14-20)24-23(18-11-15-22(28-3)16-12-18)25-17-27(24)21-7-5-4-6-8-21/h4-17H,1-3H3. The van der Waals surface area contributed by atoms with Crippen LogP contribution in [0, 0.1) is 0 Å². The van der Waals surface area contributed by atoms with Crippen molar-refractivity contribution in [2.24, 2.45) is 0 Å². The lowest BCUT2D eigenvalue weighted by atomic mass is 10.0. The maximum absolute atomic E-state index is 5.30. The predicted molar refractivity (Wildman–Crippen MR) is 115 cm³/mol. The van der Waals surface area contributed by atoms with E-state index in [9.17, 15) is 0 Å². The van der Waals surface area contributed by atoms with E-state index in [1.165, 1.54) is 5.69 Å². The minimum atomic E-state index is 0.836. The van der Waals surface area contributed by atoms with Gasteiger partial charge in [-0.2, -0.15) is 0 Å². The van der Waals surface area contributed by atoms with Crippen molar-refractivity contribution in [1.29, 1.82) is 0 Å². The number of para-hydroxylation sites is 1. The fourth-order valence-electron chi connectivity index (χ4n) is 3.29. The van der Waals surface area contributed by atoms with Crippen LogP contribution in [0.25, 0.3) is 28.2 Å². The summed E-state index contributed by atoms with van der Waals surface area (Å²) in [6, 6.07) is 26.9. The quantitative estimate of drug-likeness (QED) is 0.479. The number of hydrogen-bond acceptors (Lipinski definition) is 3. The second-order valence-electron chi connectivity index (χ2n) is 6.82. The van der Waals surface area contributed by atoms with Crippen molar-refractivity contribution in [1.82, 2.24) is 9.55 Å². The van der Waals surface area contributed by atoms with Crippen LogP contribution in [-0.4, -0.2) is 30.8 Å². The van der Waals surface area contributed by atoms with E-state index in [1.54, 1.807) is 7.11 Å². The van der Waals surface area contributed by atoms with Crippen LogP contribution in [0.15, 0.2) is 85.2 Å². The highest BCUT2D eigenvalue weighted by Crippen LogP contribution is 2.34. The third kappa shape index (κ3) is 3.37. The summed E-state index contributed by atoms with van der Waals surface area (Å²) in [5.41, 5.74) is 6.45. The van der Waals surface area contributed by atoms with Gasteiger partial charge in [-0.3, -0.25) is 4.57 Å². The lowest BCUT2D eigenvalue weighted by Gasteiger charge is -2.15. The molecule has 1 aromatic heterocycles. The highest BCUT2D eigenvalue weighted by atomic mass is 16.5. The molecule has 28 heavy (non-hydrogen) atoms. The molecule has 0 bridgehead atoms. The van der Waals surface area contributed by atoms with Crippen LogP contribution in [0.3, 0.4) is 0 Å². The number of methoxy groups -OCH3 is 1. The first-order valence-corrected chi connectivity index (χ1v) is 9.22. The fraction of sp³-hybridized carbons (Fsp3) is 0.125. The van der Waals surface area contributed by atoms with E-state index in [2.05, 4.69) is 45.9 Å². The Hall–Kier alpha value is -3.53. The molecule has 0 aliphatic rings. The number of rotatable bonds is 5. The van der Waals surface area contributed by atoms with Gasteiger partial charge in [0, 0.05) is 36.6 Å². The van der Waals surface area contributed by atoms with Gasteiger partial charge in [0.15, 0.2) is 0 Å². The van der Waals surface area contributed by atoms with Crippen molar-refractivity contribution in [3.63, 3.8) is 0 Å². The summed E-state index contributed by atoms with van der Waals surface area (Å²) in [5, 5.41) is 0. The van der Waals surface area contributed by atoms with Gasteiger partial charge in [0.25, 0.3) is 0 Å². The summed E-state index contributed by atoms with van der Waals surface area (Å²) in [4.78, 5) is 6.86. The molecule has 4 heteroatoms. The van der Waals surface area contributed by atoms with Crippen LogP contribution in [0.1, 0.15) is 0 Å². The summed E-state index contributed by atoms with van der Waals surface area (Å²) in [6.07, 6.45) is 1.89. The number of anilines is 1. The molecule has 140 valence electrons. The topological polar surface area (TPSA) is 30.3 Å². The van der Waals surface area contributed by atoms with Crippen LogP contribution in [0.5, 0.6) is 5.75 Å². The number of benzene rings is 3. The van der Waals surface area contributed by atoms with E-state index in [0.29, 0.717) is 0 Å². The molecule has 4 aromatic rings. The van der Waals surface area contributed by atoms with Gasteiger partial charge in [-0.25, -0.2) is 4.98 Å². The van der Waals surface area contributed by atoms with Crippen molar-refractivity contribution in [3.05, 3.63) is 85.2 Å². The average molecular weight is 369 g/mol. The van der Waals surface area contributed by atoms with Gasteiger partial charge in [0.05, 0.1) is 18.5 Å². The van der Waals surface area contributed by atoms with Crippen LogP contribution in [-0.2, 0) is 0 Å². The summed E-state index contributed by atoms with van der Waals surface area (Å²) in [5.74, 6) is 0.836. The normalized spacial score (nSPS) is 10.7. The second-order valence-corrected chi connectivity index (χ2v) is 6.82. The molecule has 3 aromatic carbocycles. The molecule has 0 saturated heterocycles. The second kappa shape index (κ2) is 7.61. The molecule has 0 unspecified atom stereocenters. The molecule has 4 rings (SSSR count). The molecular formula is C24H23N3O. The molecule has 4 nitrogen and oxygen atoms in total. The lowest BCUT2D eigenvalue weighted by molar-refractivity contribution is 0.415. The van der Waals surface area contributed by atoms with Crippen molar-refractivity contribution in [2.45, 2.75) is 0 Å². The van der Waals surface area contributed by atoms with Crippen LogP contribution in [0.2, 0.25) is 0 Å². The maximum atomic E-state index is 5.30. The largest absolute Gasteiger partial charge is 0.497 e. The molecule has 1 heterocycles. The van der Waals surface area contributed by atoms with Gasteiger partial charge < -0.3 is 9.64 Å². The fourth-order valence-corrected chi connectivity index (χ4v) is 3.29. The highest BCUT2D eigenvalue weighted by Gasteiger charge is 2.16. The molecule has 0 aliphatic carbocycles. The van der Waals surface area contributed by atoms with Gasteiger partial charge in [-0.15, -0.1) is 0 Å². The monoisotopic (exact) mass is 369 g/mol. The van der Waals surface area contributed by atoms with E-state index in [-0.39, 0.29) is 0 Å². The van der Waals surface area contributed by atoms with Gasteiger partial charge in [-0.05, 0) is 48.5 Å². The molecular weight excluding hydrogens is 346 g/mol. The molecule has 0 radical (unpaired) electrons. The Labute approximate surface area is 165 Å². The highest BCUT2D eigenvalue weighted by molar-refractivity contribution is 5.80. The minimum Gasteiger partial charge on any atom is -0.497 e. The Kier molecular flexibility index (Phi) is 4.85. The van der Waals surface area contributed by atoms with Crippen LogP contribution < -0.4 is 9.64 Å². The molecule has 0 amide bonds. The van der Waals surface area contributed by atoms with Crippen LogP contribution >= 0.6 is 0 Å². The number of nitrogens with zero attached hydrogens (tertiary/aromatic N) is 3. The van der Waals surface area contributed by atoms with E-state index in [0.717, 1.165) is 34.0 Å². The number of aromatic nitrogens is 2. The van der Waals surface area contributed by atoms with Gasteiger partial charge in [0.1, 0.15) is 12.1 Å². The lowest BCUT2D eigenvalue weighted by Crippen LogP contribution is -2.08. The predicted octanol–water partition coefficient (Wildman–Crippen LogP) is 5.28. The zero-order valence-corrected chi connectivity index (χ0v) is 16.3. The Bertz CT molecular complexity index is 1050. The van der Waals surface area contributed by atoms with E-state index in [1.807, 2.05) is 62.9 Å². The summed E-state index contributed by atoms with van der Waals surface area (Å²) in [6.45, 7) is 0. The first-order valence-electron chi connectivity index (χ1n) is 9.22. The van der Waals surface area contributed by atoms with Crippen molar-refractivity contribution >= 4 is 5.69 Å². The zero-order chi connectivity index (χ0) is 19.5. The number of ether oxygens (including phenoxy) is 1. The first kappa shape index (κ1) is 17.9. The molecule has 0 N–H and O–H groups in total. The Morgan fingerprint density at radius 3 is 2.04 bits per heavy atom. The zero-order valence-electron chi connectivity index (χ0n) is 16.3. The third-order valence-electron chi connectivity index (χ3n) is 4.82. The molecule has 0 saturated carbocycles. The SMILES string of the molecule is COc1ccc(-c2ncn(-c3ccccc3)c2-c2ccc(N(C)C)cc2)cc1. The first-order chi connectivity index (χ1) is 13.7. The minimum absolute atomic E-state index is 0.836. The average Bonchev–Trinajstić information content (AvgIpc) is 3.19. The van der Waals surface area contributed by atoms with Gasteiger partial charge >= 0.3 is 0 Å². The molecule has 0 fully saturated rings. The Morgan fingerprint density at radius 1 is 0.786 bits per heavy atom. The third-order valence-corrected chi connectivity index (χ3v) is 4.82. The van der Waals surface area contributed by atoms with Crippen molar-refractivity contribution in [3.8, 4) is 34.0 Å². The Morgan fingerprint density at radius 2 is 1.43 bits per heavy atom. The molecule has 0 atom stereocenters. The summed E-state index contributed by atoms with van der Waals surface area (Å²) >= 11 is 0. The molecule has 0 aliphatic heterocycles. The summed E-state index contributed by atoms with van der Waals surface area (Å²) in [7, 11) is 5.77. The van der Waals surface area contributed by atoms with Crippen molar-refractivity contribution < 1.29 is 4.74 Å². The number of hydrogen-bond donors (Lipinski definition) is 0. The van der Waals surface area contributed by atoms with Crippen molar-refractivity contribution in [2.75, 3.05) is 26.1 Å².